The molecular weight excluding hydrogens is 318 g/mol. The number of sulfonamides is 1. The van der Waals surface area contributed by atoms with Gasteiger partial charge in [0.2, 0.25) is 10.0 Å². The minimum absolute atomic E-state index is 0.180. The number of hydrogen-bond donors (Lipinski definition) is 0. The van der Waals surface area contributed by atoms with Crippen LogP contribution in [0.5, 0.6) is 5.75 Å². The van der Waals surface area contributed by atoms with Crippen LogP contribution >= 0.6 is 0 Å². The number of ether oxygens (including phenoxy) is 1. The van der Waals surface area contributed by atoms with Crippen LogP contribution < -0.4 is 10.3 Å². The van der Waals surface area contributed by atoms with Crippen LogP contribution in [-0.4, -0.2) is 43.2 Å². The summed E-state index contributed by atoms with van der Waals surface area (Å²) >= 11 is 0. The van der Waals surface area contributed by atoms with Crippen molar-refractivity contribution in [2.24, 2.45) is 0 Å². The summed E-state index contributed by atoms with van der Waals surface area (Å²) in [4.78, 5) is 11.9. The minimum Gasteiger partial charge on any atom is -0.492 e. The first-order valence-electron chi connectivity index (χ1n) is 7.00. The zero-order valence-corrected chi connectivity index (χ0v) is 14.1. The lowest BCUT2D eigenvalue weighted by atomic mass is 10.3. The summed E-state index contributed by atoms with van der Waals surface area (Å²) < 4.78 is 31.9. The summed E-state index contributed by atoms with van der Waals surface area (Å²) in [5.74, 6) is 0.530. The van der Waals surface area contributed by atoms with Crippen molar-refractivity contribution >= 4 is 10.0 Å². The molecule has 0 saturated heterocycles. The van der Waals surface area contributed by atoms with Gasteiger partial charge in [0.05, 0.1) is 17.6 Å². The van der Waals surface area contributed by atoms with E-state index < -0.39 is 10.0 Å². The second kappa shape index (κ2) is 6.93. The highest BCUT2D eigenvalue weighted by molar-refractivity contribution is 7.89. The van der Waals surface area contributed by atoms with E-state index in [4.69, 9.17) is 4.74 Å². The molecule has 1 aromatic heterocycles. The number of benzene rings is 1. The summed E-state index contributed by atoms with van der Waals surface area (Å²) in [7, 11) is -0.488. The topological polar surface area (TPSA) is 81.5 Å². The molecule has 0 spiro atoms. The third-order valence-electron chi connectivity index (χ3n) is 3.18. The number of nitrogens with zero attached hydrogens (tertiary/aromatic N) is 3. The summed E-state index contributed by atoms with van der Waals surface area (Å²) in [6.07, 6.45) is 1.61. The van der Waals surface area contributed by atoms with Gasteiger partial charge in [0.1, 0.15) is 12.4 Å². The average molecular weight is 337 g/mol. The average Bonchev–Trinajstić information content (AvgIpc) is 2.50. The molecule has 0 aliphatic heterocycles. The van der Waals surface area contributed by atoms with E-state index in [1.165, 1.54) is 37.0 Å². The Balaban J connectivity index is 1.98. The Bertz CT molecular complexity index is 827. The van der Waals surface area contributed by atoms with Crippen LogP contribution in [0.3, 0.4) is 0 Å². The molecule has 124 valence electrons. The second-order valence-electron chi connectivity index (χ2n) is 5.20. The van der Waals surface area contributed by atoms with Crippen LogP contribution in [0.15, 0.2) is 46.2 Å². The highest BCUT2D eigenvalue weighted by Gasteiger charge is 2.16. The van der Waals surface area contributed by atoms with E-state index >= 15 is 0 Å². The van der Waals surface area contributed by atoms with Crippen molar-refractivity contribution in [3.05, 3.63) is 52.4 Å². The van der Waals surface area contributed by atoms with Crippen LogP contribution in [0.2, 0.25) is 0 Å². The second-order valence-corrected chi connectivity index (χ2v) is 7.35. The molecular formula is C15H19N3O4S. The molecule has 0 radical (unpaired) electrons. The fourth-order valence-electron chi connectivity index (χ4n) is 1.86. The first-order chi connectivity index (χ1) is 10.8. The molecule has 0 bridgehead atoms. The number of aromatic nitrogens is 2. The number of aryl methyl sites for hydroxylation is 1. The molecule has 0 saturated carbocycles. The lowest BCUT2D eigenvalue weighted by Gasteiger charge is -2.12. The minimum atomic E-state index is -3.44. The van der Waals surface area contributed by atoms with E-state index in [1.54, 1.807) is 25.3 Å². The molecule has 0 amide bonds. The molecule has 1 heterocycles. The Morgan fingerprint density at radius 1 is 1.22 bits per heavy atom. The first-order valence-corrected chi connectivity index (χ1v) is 8.44. The van der Waals surface area contributed by atoms with Gasteiger partial charge in [-0.05, 0) is 36.8 Å². The van der Waals surface area contributed by atoms with E-state index in [0.29, 0.717) is 12.3 Å². The van der Waals surface area contributed by atoms with Crippen molar-refractivity contribution in [2.75, 3.05) is 20.7 Å². The van der Waals surface area contributed by atoms with Crippen molar-refractivity contribution in [2.45, 2.75) is 18.4 Å². The summed E-state index contributed by atoms with van der Waals surface area (Å²) in [6.45, 7) is 2.38. The number of rotatable bonds is 6. The Morgan fingerprint density at radius 3 is 2.43 bits per heavy atom. The van der Waals surface area contributed by atoms with E-state index in [1.807, 2.05) is 0 Å². The lowest BCUT2D eigenvalue weighted by Crippen LogP contribution is -2.25. The molecule has 2 aromatic rings. The van der Waals surface area contributed by atoms with Crippen LogP contribution in [0.1, 0.15) is 5.56 Å². The summed E-state index contributed by atoms with van der Waals surface area (Å²) in [5, 5.41) is 4.01. The van der Waals surface area contributed by atoms with Gasteiger partial charge in [-0.1, -0.05) is 0 Å². The van der Waals surface area contributed by atoms with E-state index in [-0.39, 0.29) is 17.1 Å². The molecule has 0 fully saturated rings. The maximum Gasteiger partial charge on any atom is 0.267 e. The quantitative estimate of drug-likeness (QED) is 0.782. The standard InChI is InChI=1S/C15H19N3O4S/c1-12-10-15(19)18(16-11-12)8-9-22-13-4-6-14(7-5-13)23(20,21)17(2)3/h4-7,10-11H,8-9H2,1-3H3. The Morgan fingerprint density at radius 2 is 1.87 bits per heavy atom. The van der Waals surface area contributed by atoms with Crippen LogP contribution in [0.25, 0.3) is 0 Å². The third kappa shape index (κ3) is 4.17. The largest absolute Gasteiger partial charge is 0.492 e. The fourth-order valence-corrected chi connectivity index (χ4v) is 2.76. The SMILES string of the molecule is Cc1cnn(CCOc2ccc(S(=O)(=O)N(C)C)cc2)c(=O)c1. The first kappa shape index (κ1) is 17.2. The highest BCUT2D eigenvalue weighted by atomic mass is 32.2. The summed E-state index contributed by atoms with van der Waals surface area (Å²) in [5.41, 5.74) is 0.630. The summed E-state index contributed by atoms with van der Waals surface area (Å²) in [6, 6.07) is 7.65. The van der Waals surface area contributed by atoms with E-state index in [0.717, 1.165) is 9.87 Å². The maximum absolute atomic E-state index is 11.9. The third-order valence-corrected chi connectivity index (χ3v) is 5.01. The van der Waals surface area contributed by atoms with Crippen molar-refractivity contribution in [1.82, 2.24) is 14.1 Å². The van der Waals surface area contributed by atoms with Gasteiger partial charge in [0, 0.05) is 20.2 Å². The van der Waals surface area contributed by atoms with Crippen molar-refractivity contribution in [1.29, 1.82) is 0 Å². The van der Waals surface area contributed by atoms with Gasteiger partial charge >= 0.3 is 0 Å². The van der Waals surface area contributed by atoms with Crippen LogP contribution in [-0.2, 0) is 16.6 Å². The molecule has 8 heteroatoms. The van der Waals surface area contributed by atoms with Crippen LogP contribution in [0, 0.1) is 6.92 Å². The normalized spacial score (nSPS) is 11.7. The monoisotopic (exact) mass is 337 g/mol. The Kier molecular flexibility index (Phi) is 5.17. The molecule has 2 rings (SSSR count). The molecule has 0 N–H and O–H groups in total. The molecule has 0 unspecified atom stereocenters. The zero-order chi connectivity index (χ0) is 17.0. The van der Waals surface area contributed by atoms with E-state index in [2.05, 4.69) is 5.10 Å². The molecule has 0 aliphatic rings. The van der Waals surface area contributed by atoms with Gasteiger partial charge in [-0.15, -0.1) is 0 Å². The Labute approximate surface area is 135 Å². The lowest BCUT2D eigenvalue weighted by molar-refractivity contribution is 0.287. The van der Waals surface area contributed by atoms with Crippen molar-refractivity contribution in [3.63, 3.8) is 0 Å². The molecule has 0 aliphatic carbocycles. The molecule has 0 atom stereocenters. The van der Waals surface area contributed by atoms with Gasteiger partial charge in [-0.3, -0.25) is 4.79 Å². The van der Waals surface area contributed by atoms with Gasteiger partial charge in [0.25, 0.3) is 5.56 Å². The van der Waals surface area contributed by atoms with Gasteiger partial charge in [-0.25, -0.2) is 17.4 Å². The van der Waals surface area contributed by atoms with Gasteiger partial charge in [0.15, 0.2) is 0 Å². The molecule has 23 heavy (non-hydrogen) atoms. The fraction of sp³-hybridized carbons (Fsp3) is 0.333. The highest BCUT2D eigenvalue weighted by Crippen LogP contribution is 2.17. The van der Waals surface area contributed by atoms with Gasteiger partial charge < -0.3 is 4.74 Å². The smallest absolute Gasteiger partial charge is 0.267 e. The van der Waals surface area contributed by atoms with E-state index in [9.17, 15) is 13.2 Å². The number of hydrogen-bond acceptors (Lipinski definition) is 5. The predicted molar refractivity (Wildman–Crippen MR) is 86.0 cm³/mol. The zero-order valence-electron chi connectivity index (χ0n) is 13.3. The molecule has 7 nitrogen and oxygen atoms in total. The van der Waals surface area contributed by atoms with Gasteiger partial charge in [-0.2, -0.15) is 5.10 Å². The van der Waals surface area contributed by atoms with Crippen molar-refractivity contribution < 1.29 is 13.2 Å². The van der Waals surface area contributed by atoms with Crippen LogP contribution in [0.4, 0.5) is 0 Å². The molecule has 1 aromatic carbocycles. The Hall–Kier alpha value is -2.19. The maximum atomic E-state index is 11.9. The van der Waals surface area contributed by atoms with Crippen molar-refractivity contribution in [3.8, 4) is 5.75 Å². The predicted octanol–water partition coefficient (Wildman–Crippen LogP) is 0.881.